The molecule has 2 rings (SSSR count). The van der Waals surface area contributed by atoms with E-state index in [0.29, 0.717) is 23.2 Å². The van der Waals surface area contributed by atoms with Crippen LogP contribution in [0.1, 0.15) is 23.2 Å². The lowest BCUT2D eigenvalue weighted by atomic mass is 10.2. The van der Waals surface area contributed by atoms with Gasteiger partial charge in [-0.2, -0.15) is 11.8 Å². The predicted molar refractivity (Wildman–Crippen MR) is 79.9 cm³/mol. The number of ether oxygens (including phenoxy) is 2. The first-order valence-electron chi connectivity index (χ1n) is 6.73. The molecule has 20 heavy (non-hydrogen) atoms. The molecule has 0 bridgehead atoms. The highest BCUT2D eigenvalue weighted by molar-refractivity contribution is 7.99. The average Bonchev–Trinajstić information content (AvgIpc) is 2.52. The first-order valence-corrected chi connectivity index (χ1v) is 7.78. The first kappa shape index (κ1) is 15.2. The summed E-state index contributed by atoms with van der Waals surface area (Å²) in [5, 5.41) is 0.662. The number of rotatable bonds is 6. The van der Waals surface area contributed by atoms with E-state index in [9.17, 15) is 4.79 Å². The Hall–Kier alpha value is -1.24. The molecule has 0 aliphatic carbocycles. The predicted octanol–water partition coefficient (Wildman–Crippen LogP) is 1.58. The Labute approximate surface area is 123 Å². The van der Waals surface area contributed by atoms with Crippen LogP contribution in [-0.2, 0) is 4.74 Å². The van der Waals surface area contributed by atoms with Gasteiger partial charge in [-0.05, 0) is 25.0 Å². The summed E-state index contributed by atoms with van der Waals surface area (Å²) in [7, 11) is 0. The molecule has 110 valence electrons. The van der Waals surface area contributed by atoms with E-state index in [4.69, 9.17) is 15.3 Å². The summed E-state index contributed by atoms with van der Waals surface area (Å²) >= 11 is 1.91. The maximum Gasteiger partial charge on any atom is 0.268 e. The van der Waals surface area contributed by atoms with Gasteiger partial charge in [0.05, 0.1) is 12.2 Å². The van der Waals surface area contributed by atoms with Gasteiger partial charge < -0.3 is 9.47 Å². The van der Waals surface area contributed by atoms with Gasteiger partial charge in [-0.1, -0.05) is 12.1 Å². The molecule has 1 heterocycles. The molecule has 1 amide bonds. The number of carbonyl (C=O) groups is 1. The Balaban J connectivity index is 1.77. The molecule has 1 fully saturated rings. The van der Waals surface area contributed by atoms with Crippen molar-refractivity contribution in [3.05, 3.63) is 29.8 Å². The Bertz CT molecular complexity index is 436. The van der Waals surface area contributed by atoms with Crippen molar-refractivity contribution in [1.29, 1.82) is 0 Å². The van der Waals surface area contributed by atoms with Crippen LogP contribution in [0.5, 0.6) is 5.75 Å². The minimum Gasteiger partial charge on any atom is -0.492 e. The number of hydrazine groups is 1. The zero-order chi connectivity index (χ0) is 14.2. The number of nitrogen functional groups attached to an aromatic ring is 1. The van der Waals surface area contributed by atoms with Gasteiger partial charge in [-0.15, -0.1) is 0 Å². The third kappa shape index (κ3) is 4.40. The van der Waals surface area contributed by atoms with Crippen LogP contribution in [0.25, 0.3) is 0 Å². The molecule has 1 aromatic carbocycles. The largest absolute Gasteiger partial charge is 0.492 e. The fraction of sp³-hybridized carbons (Fsp3) is 0.500. The Morgan fingerprint density at radius 3 is 2.90 bits per heavy atom. The Kier molecular flexibility index (Phi) is 6.17. The number of thioether (sulfide) groups is 1. The molecule has 0 atom stereocenters. The van der Waals surface area contributed by atoms with Crippen LogP contribution in [0.15, 0.2) is 24.3 Å². The lowest BCUT2D eigenvalue weighted by Crippen LogP contribution is -2.30. The molecular weight excluding hydrogens is 276 g/mol. The number of para-hydroxylation sites is 1. The van der Waals surface area contributed by atoms with Gasteiger partial charge in [0.25, 0.3) is 5.91 Å². The fourth-order valence-corrected chi connectivity index (χ4v) is 3.11. The van der Waals surface area contributed by atoms with Gasteiger partial charge in [-0.25, -0.2) is 5.84 Å². The summed E-state index contributed by atoms with van der Waals surface area (Å²) < 4.78 is 11.0. The molecule has 3 N–H and O–H groups in total. The number of hydrogen-bond acceptors (Lipinski definition) is 5. The zero-order valence-electron chi connectivity index (χ0n) is 11.3. The van der Waals surface area contributed by atoms with Crippen molar-refractivity contribution in [1.82, 2.24) is 5.43 Å². The second-order valence-electron chi connectivity index (χ2n) is 4.50. The van der Waals surface area contributed by atoms with E-state index in [1.54, 1.807) is 18.2 Å². The van der Waals surface area contributed by atoms with Gasteiger partial charge in [0.15, 0.2) is 0 Å². The maximum atomic E-state index is 11.6. The highest BCUT2D eigenvalue weighted by Gasteiger charge is 2.14. The molecule has 6 heteroatoms. The average molecular weight is 296 g/mol. The van der Waals surface area contributed by atoms with E-state index in [0.717, 1.165) is 31.8 Å². The molecule has 1 aromatic rings. The van der Waals surface area contributed by atoms with Crippen LogP contribution < -0.4 is 16.0 Å². The second kappa shape index (κ2) is 8.14. The van der Waals surface area contributed by atoms with Crippen molar-refractivity contribution in [2.45, 2.75) is 18.1 Å². The van der Waals surface area contributed by atoms with Crippen molar-refractivity contribution in [3.63, 3.8) is 0 Å². The van der Waals surface area contributed by atoms with Crippen LogP contribution in [-0.4, -0.2) is 36.7 Å². The van der Waals surface area contributed by atoms with E-state index in [1.165, 1.54) is 0 Å². The number of amides is 1. The normalized spacial score (nSPS) is 15.8. The van der Waals surface area contributed by atoms with Crippen molar-refractivity contribution in [3.8, 4) is 5.75 Å². The van der Waals surface area contributed by atoms with Gasteiger partial charge in [0.1, 0.15) is 5.75 Å². The fourth-order valence-electron chi connectivity index (χ4n) is 2.07. The van der Waals surface area contributed by atoms with Gasteiger partial charge >= 0.3 is 0 Å². The van der Waals surface area contributed by atoms with Crippen molar-refractivity contribution >= 4 is 17.7 Å². The number of nitrogens with one attached hydrogen (secondary N) is 1. The highest BCUT2D eigenvalue weighted by atomic mass is 32.2. The summed E-state index contributed by atoms with van der Waals surface area (Å²) in [5.74, 6) is 6.30. The van der Waals surface area contributed by atoms with E-state index < -0.39 is 0 Å². The highest BCUT2D eigenvalue weighted by Crippen LogP contribution is 2.23. The third-order valence-electron chi connectivity index (χ3n) is 3.13. The Morgan fingerprint density at radius 2 is 2.15 bits per heavy atom. The lowest BCUT2D eigenvalue weighted by Gasteiger charge is -2.21. The minimum atomic E-state index is -0.335. The smallest absolute Gasteiger partial charge is 0.268 e. The summed E-state index contributed by atoms with van der Waals surface area (Å²) in [6.07, 6.45) is 2.22. The second-order valence-corrected chi connectivity index (χ2v) is 5.91. The van der Waals surface area contributed by atoms with Crippen LogP contribution in [0.3, 0.4) is 0 Å². The molecule has 0 radical (unpaired) electrons. The van der Waals surface area contributed by atoms with Crippen molar-refractivity contribution in [2.24, 2.45) is 5.84 Å². The number of benzene rings is 1. The summed E-state index contributed by atoms with van der Waals surface area (Å²) in [6, 6.07) is 7.11. The van der Waals surface area contributed by atoms with Gasteiger partial charge in [0.2, 0.25) is 0 Å². The van der Waals surface area contributed by atoms with Crippen molar-refractivity contribution < 1.29 is 14.3 Å². The summed E-state index contributed by atoms with van der Waals surface area (Å²) in [6.45, 7) is 2.30. The van der Waals surface area contributed by atoms with Crippen LogP contribution in [0, 0.1) is 0 Å². The van der Waals surface area contributed by atoms with Crippen molar-refractivity contribution in [2.75, 3.05) is 25.6 Å². The van der Waals surface area contributed by atoms with Crippen LogP contribution >= 0.6 is 11.8 Å². The first-order chi connectivity index (χ1) is 9.81. The lowest BCUT2D eigenvalue weighted by molar-refractivity contribution is 0.0949. The standard InChI is InChI=1S/C14H20N2O3S/c15-16-14(17)12-3-1-2-4-13(12)19-9-10-20-11-5-7-18-8-6-11/h1-4,11H,5-10,15H2,(H,16,17). The van der Waals surface area contributed by atoms with E-state index in [1.807, 2.05) is 17.8 Å². The van der Waals surface area contributed by atoms with E-state index in [2.05, 4.69) is 5.43 Å². The molecule has 0 unspecified atom stereocenters. The van der Waals surface area contributed by atoms with Gasteiger partial charge in [-0.3, -0.25) is 10.2 Å². The van der Waals surface area contributed by atoms with Gasteiger partial charge in [0, 0.05) is 24.2 Å². The summed E-state index contributed by atoms with van der Waals surface area (Å²) in [5.41, 5.74) is 2.59. The number of hydrogen-bond donors (Lipinski definition) is 2. The SMILES string of the molecule is NNC(=O)c1ccccc1OCCSC1CCOCC1. The quantitative estimate of drug-likeness (QED) is 0.361. The minimum absolute atomic E-state index is 0.335. The summed E-state index contributed by atoms with van der Waals surface area (Å²) in [4.78, 5) is 11.6. The Morgan fingerprint density at radius 1 is 1.40 bits per heavy atom. The van der Waals surface area contributed by atoms with Crippen LogP contribution in [0.2, 0.25) is 0 Å². The topological polar surface area (TPSA) is 73.6 Å². The zero-order valence-corrected chi connectivity index (χ0v) is 12.2. The monoisotopic (exact) mass is 296 g/mol. The van der Waals surface area contributed by atoms with E-state index >= 15 is 0 Å². The molecule has 0 saturated carbocycles. The van der Waals surface area contributed by atoms with Crippen LogP contribution in [0.4, 0.5) is 0 Å². The molecule has 0 aromatic heterocycles. The molecule has 5 nitrogen and oxygen atoms in total. The number of nitrogens with two attached hydrogens (primary N) is 1. The number of carbonyl (C=O) groups excluding carboxylic acids is 1. The molecular formula is C14H20N2O3S. The molecule has 1 aliphatic heterocycles. The maximum absolute atomic E-state index is 11.6. The third-order valence-corrected chi connectivity index (χ3v) is 4.47. The molecule has 1 saturated heterocycles. The molecule has 1 aliphatic rings. The molecule has 0 spiro atoms. The van der Waals surface area contributed by atoms with E-state index in [-0.39, 0.29) is 5.91 Å².